The highest BCUT2D eigenvalue weighted by Gasteiger charge is 2.14. The Balaban J connectivity index is 2.46. The standard InChI is InChI=1S/C10H12FNO2/c1-7-2-4-8(5-3-7)12-6-9(11)10(13)14/h2-5,9,12H,6H2,1H3,(H,13,14). The number of hydrogen-bond acceptors (Lipinski definition) is 2. The Bertz CT molecular complexity index is 310. The Morgan fingerprint density at radius 1 is 1.50 bits per heavy atom. The highest BCUT2D eigenvalue weighted by atomic mass is 19.1. The van der Waals surface area contributed by atoms with Crippen LogP contribution in [0.5, 0.6) is 0 Å². The number of aliphatic carboxylic acids is 1. The van der Waals surface area contributed by atoms with Crippen LogP contribution in [0.25, 0.3) is 0 Å². The van der Waals surface area contributed by atoms with E-state index in [0.29, 0.717) is 0 Å². The van der Waals surface area contributed by atoms with E-state index in [2.05, 4.69) is 5.32 Å². The lowest BCUT2D eigenvalue weighted by atomic mass is 10.2. The molecule has 2 N–H and O–H groups in total. The first kappa shape index (κ1) is 10.5. The van der Waals surface area contributed by atoms with Crippen LogP contribution in [-0.2, 0) is 4.79 Å². The van der Waals surface area contributed by atoms with E-state index < -0.39 is 12.1 Å². The normalized spacial score (nSPS) is 12.1. The van der Waals surface area contributed by atoms with Gasteiger partial charge in [-0.1, -0.05) is 17.7 Å². The number of nitrogens with one attached hydrogen (secondary N) is 1. The molecule has 0 aromatic heterocycles. The van der Waals surface area contributed by atoms with E-state index in [9.17, 15) is 9.18 Å². The smallest absolute Gasteiger partial charge is 0.340 e. The second-order valence-electron chi connectivity index (χ2n) is 3.05. The molecule has 3 nitrogen and oxygen atoms in total. The number of hydrogen-bond donors (Lipinski definition) is 2. The van der Waals surface area contributed by atoms with E-state index in [1.807, 2.05) is 19.1 Å². The maximum Gasteiger partial charge on any atom is 0.340 e. The van der Waals surface area contributed by atoms with Gasteiger partial charge in [0, 0.05) is 5.69 Å². The van der Waals surface area contributed by atoms with E-state index >= 15 is 0 Å². The van der Waals surface area contributed by atoms with Crippen molar-refractivity contribution in [1.82, 2.24) is 0 Å². The fourth-order valence-corrected chi connectivity index (χ4v) is 0.966. The van der Waals surface area contributed by atoms with Crippen molar-refractivity contribution in [3.63, 3.8) is 0 Å². The maximum absolute atomic E-state index is 12.6. The Hall–Kier alpha value is -1.58. The minimum absolute atomic E-state index is 0.210. The third-order valence-corrected chi connectivity index (χ3v) is 1.80. The second kappa shape index (κ2) is 4.60. The Labute approximate surface area is 81.6 Å². The topological polar surface area (TPSA) is 49.3 Å². The molecule has 1 aromatic rings. The average molecular weight is 197 g/mol. The number of alkyl halides is 1. The predicted octanol–water partition coefficient (Wildman–Crippen LogP) is 1.83. The summed E-state index contributed by atoms with van der Waals surface area (Å²) >= 11 is 0. The van der Waals surface area contributed by atoms with Gasteiger partial charge >= 0.3 is 5.97 Å². The first-order chi connectivity index (χ1) is 6.59. The molecule has 1 rings (SSSR count). The molecule has 0 fully saturated rings. The van der Waals surface area contributed by atoms with Crippen molar-refractivity contribution >= 4 is 11.7 Å². The van der Waals surface area contributed by atoms with Gasteiger partial charge in [-0.3, -0.25) is 0 Å². The van der Waals surface area contributed by atoms with Crippen LogP contribution in [0.1, 0.15) is 5.56 Å². The molecule has 0 saturated carbocycles. The van der Waals surface area contributed by atoms with Crippen molar-refractivity contribution in [3.05, 3.63) is 29.8 Å². The lowest BCUT2D eigenvalue weighted by Crippen LogP contribution is -2.23. The molecular formula is C10H12FNO2. The fraction of sp³-hybridized carbons (Fsp3) is 0.300. The Morgan fingerprint density at radius 2 is 2.07 bits per heavy atom. The van der Waals surface area contributed by atoms with Gasteiger partial charge in [0.05, 0.1) is 6.54 Å². The highest BCUT2D eigenvalue weighted by molar-refractivity contribution is 5.73. The Kier molecular flexibility index (Phi) is 3.45. The van der Waals surface area contributed by atoms with Crippen molar-refractivity contribution in [2.24, 2.45) is 0 Å². The zero-order valence-corrected chi connectivity index (χ0v) is 7.83. The summed E-state index contributed by atoms with van der Waals surface area (Å²) in [6.45, 7) is 1.73. The van der Waals surface area contributed by atoms with E-state index in [0.717, 1.165) is 11.3 Å². The summed E-state index contributed by atoms with van der Waals surface area (Å²) in [5.74, 6) is -1.44. The van der Waals surface area contributed by atoms with Crippen molar-refractivity contribution in [2.75, 3.05) is 11.9 Å². The molecule has 1 atom stereocenters. The van der Waals surface area contributed by atoms with Crippen LogP contribution in [0.2, 0.25) is 0 Å². The summed E-state index contributed by atoms with van der Waals surface area (Å²) < 4.78 is 12.6. The molecule has 0 aliphatic rings. The van der Waals surface area contributed by atoms with Crippen LogP contribution in [0.4, 0.5) is 10.1 Å². The number of carbonyl (C=O) groups is 1. The van der Waals surface area contributed by atoms with Gasteiger partial charge in [0.2, 0.25) is 6.17 Å². The molecule has 0 heterocycles. The van der Waals surface area contributed by atoms with Crippen molar-refractivity contribution in [2.45, 2.75) is 13.1 Å². The monoisotopic (exact) mass is 197 g/mol. The molecule has 14 heavy (non-hydrogen) atoms. The highest BCUT2D eigenvalue weighted by Crippen LogP contribution is 2.08. The van der Waals surface area contributed by atoms with Gasteiger partial charge in [-0.15, -0.1) is 0 Å². The summed E-state index contributed by atoms with van der Waals surface area (Å²) in [5, 5.41) is 11.0. The molecule has 0 aliphatic carbocycles. The molecular weight excluding hydrogens is 185 g/mol. The molecule has 0 amide bonds. The molecule has 0 radical (unpaired) electrons. The zero-order chi connectivity index (χ0) is 10.6. The first-order valence-electron chi connectivity index (χ1n) is 4.27. The molecule has 4 heteroatoms. The van der Waals surface area contributed by atoms with Crippen molar-refractivity contribution < 1.29 is 14.3 Å². The van der Waals surface area contributed by atoms with Crippen LogP contribution in [0, 0.1) is 6.92 Å². The largest absolute Gasteiger partial charge is 0.479 e. The molecule has 0 spiro atoms. The lowest BCUT2D eigenvalue weighted by molar-refractivity contribution is -0.142. The van der Waals surface area contributed by atoms with Gasteiger partial charge in [-0.2, -0.15) is 0 Å². The van der Waals surface area contributed by atoms with E-state index in [4.69, 9.17) is 5.11 Å². The summed E-state index contributed by atoms with van der Waals surface area (Å²) in [5.41, 5.74) is 1.82. The molecule has 1 aromatic carbocycles. The van der Waals surface area contributed by atoms with Crippen LogP contribution in [-0.4, -0.2) is 23.8 Å². The number of benzene rings is 1. The van der Waals surface area contributed by atoms with Gasteiger partial charge in [0.25, 0.3) is 0 Å². The quantitative estimate of drug-likeness (QED) is 0.774. The summed E-state index contributed by atoms with van der Waals surface area (Å²) in [6, 6.07) is 7.31. The van der Waals surface area contributed by atoms with E-state index in [1.165, 1.54) is 0 Å². The van der Waals surface area contributed by atoms with Crippen LogP contribution < -0.4 is 5.32 Å². The predicted molar refractivity (Wildman–Crippen MR) is 52.2 cm³/mol. The number of rotatable bonds is 4. The summed E-state index contributed by atoms with van der Waals surface area (Å²) in [4.78, 5) is 10.2. The van der Waals surface area contributed by atoms with Gasteiger partial charge in [0.1, 0.15) is 0 Å². The maximum atomic E-state index is 12.6. The van der Waals surface area contributed by atoms with E-state index in [1.54, 1.807) is 12.1 Å². The third-order valence-electron chi connectivity index (χ3n) is 1.80. The Morgan fingerprint density at radius 3 is 2.57 bits per heavy atom. The van der Waals surface area contributed by atoms with Crippen molar-refractivity contribution in [1.29, 1.82) is 0 Å². The SMILES string of the molecule is Cc1ccc(NCC(F)C(=O)O)cc1. The summed E-state index contributed by atoms with van der Waals surface area (Å²) in [6.07, 6.45) is -1.86. The molecule has 0 bridgehead atoms. The second-order valence-corrected chi connectivity index (χ2v) is 3.05. The van der Waals surface area contributed by atoms with Crippen molar-refractivity contribution in [3.8, 4) is 0 Å². The van der Waals surface area contributed by atoms with Gasteiger partial charge < -0.3 is 10.4 Å². The minimum Gasteiger partial charge on any atom is -0.479 e. The number of aryl methyl sites for hydroxylation is 1. The van der Waals surface area contributed by atoms with Crippen LogP contribution >= 0.6 is 0 Å². The summed E-state index contributed by atoms with van der Waals surface area (Å²) in [7, 11) is 0. The third kappa shape index (κ3) is 3.05. The fourth-order valence-electron chi connectivity index (χ4n) is 0.966. The van der Waals surface area contributed by atoms with Crippen LogP contribution in [0.15, 0.2) is 24.3 Å². The molecule has 0 aliphatic heterocycles. The molecule has 0 saturated heterocycles. The average Bonchev–Trinajstić information content (AvgIpc) is 2.16. The van der Waals surface area contributed by atoms with Gasteiger partial charge in [-0.05, 0) is 19.1 Å². The zero-order valence-electron chi connectivity index (χ0n) is 7.83. The van der Waals surface area contributed by atoms with Crippen LogP contribution in [0.3, 0.4) is 0 Å². The number of anilines is 1. The van der Waals surface area contributed by atoms with E-state index in [-0.39, 0.29) is 6.54 Å². The first-order valence-corrected chi connectivity index (χ1v) is 4.27. The van der Waals surface area contributed by atoms with Gasteiger partial charge in [0.15, 0.2) is 0 Å². The molecule has 1 unspecified atom stereocenters. The van der Waals surface area contributed by atoms with Gasteiger partial charge in [-0.25, -0.2) is 9.18 Å². The minimum atomic E-state index is -1.86. The lowest BCUT2D eigenvalue weighted by Gasteiger charge is -2.07. The molecule has 76 valence electrons. The number of carboxylic acid groups (broad SMARTS) is 1. The number of halogens is 1. The number of carboxylic acids is 1.